The normalized spacial score (nSPS) is 20.4. The number of ether oxygens (including phenoxy) is 2. The predicted octanol–water partition coefficient (Wildman–Crippen LogP) is 4.68. The largest absolute Gasteiger partial charge is 0.454 e. The summed E-state index contributed by atoms with van der Waals surface area (Å²) >= 11 is 6.05. The second-order valence-corrected chi connectivity index (χ2v) is 18.8. The molecule has 0 spiro atoms. The zero-order valence-corrected chi connectivity index (χ0v) is 34.3. The van der Waals surface area contributed by atoms with E-state index in [0.29, 0.717) is 36.4 Å². The molecule has 2 atom stereocenters. The van der Waals surface area contributed by atoms with Crippen molar-refractivity contribution in [3.63, 3.8) is 0 Å². The van der Waals surface area contributed by atoms with Gasteiger partial charge >= 0.3 is 18.3 Å². The van der Waals surface area contributed by atoms with Gasteiger partial charge in [0.2, 0.25) is 27.8 Å². The smallest absolute Gasteiger partial charge is 0.422 e. The quantitative estimate of drug-likeness (QED) is 0.149. The van der Waals surface area contributed by atoms with Crippen LogP contribution in [-0.2, 0) is 29.9 Å². The van der Waals surface area contributed by atoms with Gasteiger partial charge < -0.3 is 30.7 Å². The van der Waals surface area contributed by atoms with Crippen molar-refractivity contribution >= 4 is 63.0 Å². The van der Waals surface area contributed by atoms with Gasteiger partial charge in [-0.15, -0.1) is 0 Å². The highest BCUT2D eigenvalue weighted by Crippen LogP contribution is 2.48. The van der Waals surface area contributed by atoms with E-state index < -0.39 is 86.6 Å². The van der Waals surface area contributed by atoms with Gasteiger partial charge in [-0.3, -0.25) is 24.0 Å². The van der Waals surface area contributed by atoms with Crippen molar-refractivity contribution in [1.29, 1.82) is 0 Å². The molecule has 5 N–H and O–H groups in total. The van der Waals surface area contributed by atoms with Crippen LogP contribution < -0.4 is 30.7 Å². The molecule has 4 fully saturated rings. The number of carbonyl (C=O) groups excluding carboxylic acids is 4. The lowest BCUT2D eigenvalue weighted by Gasteiger charge is -2.29. The monoisotopic (exact) mass is 877 g/mol. The minimum atomic E-state index is -4.65. The number of rotatable bonds is 14. The number of nitrogens with zero attached hydrogens (tertiary/aromatic N) is 4. The van der Waals surface area contributed by atoms with Crippen LogP contribution in [-0.4, -0.2) is 99.9 Å². The van der Waals surface area contributed by atoms with Crippen molar-refractivity contribution in [3.8, 4) is 6.01 Å². The fraction of sp³-hybridized carbons (Fsp3) is 0.500. The van der Waals surface area contributed by atoms with Crippen molar-refractivity contribution in [2.24, 2.45) is 0 Å². The molecule has 0 radical (unpaired) electrons. The third kappa shape index (κ3) is 10.5. The van der Waals surface area contributed by atoms with Crippen LogP contribution in [0.15, 0.2) is 48.5 Å². The molecule has 17 nitrogen and oxygen atoms in total. The molecule has 1 aromatic heterocycles. The number of nitrogens with one attached hydrogen (secondary N) is 5. The molecule has 1 aliphatic heterocycles. The van der Waals surface area contributed by atoms with Gasteiger partial charge in [-0.1, -0.05) is 23.7 Å². The van der Waals surface area contributed by atoms with Crippen molar-refractivity contribution in [3.05, 3.63) is 64.7 Å². The molecule has 2 heterocycles. The van der Waals surface area contributed by atoms with Crippen molar-refractivity contribution in [2.75, 3.05) is 23.8 Å². The molecule has 1 saturated heterocycles. The lowest BCUT2D eigenvalue weighted by molar-refractivity contribution is -0.154. The van der Waals surface area contributed by atoms with E-state index in [4.69, 9.17) is 21.1 Å². The number of anilines is 3. The molecule has 60 heavy (non-hydrogen) atoms. The molecule has 2 aromatic carbocycles. The van der Waals surface area contributed by atoms with Gasteiger partial charge in [0, 0.05) is 28.9 Å². The van der Waals surface area contributed by atoms with Crippen LogP contribution in [0.25, 0.3) is 0 Å². The van der Waals surface area contributed by atoms with Crippen LogP contribution in [0.2, 0.25) is 5.02 Å². The molecule has 0 unspecified atom stereocenters. The second-order valence-electron chi connectivity index (χ2n) is 16.4. The maximum Gasteiger partial charge on any atom is 0.422 e. The van der Waals surface area contributed by atoms with Crippen LogP contribution in [0.1, 0.15) is 81.6 Å². The number of halogens is 4. The summed E-state index contributed by atoms with van der Waals surface area (Å²) in [5.41, 5.74) is -1.49. The number of alkyl halides is 3. The standard InChI is InChI=1S/C38H43ClF3N9O8S/c1-35(2,3)59-34(55)51-19-25(18-27(51)29(53)48-37(16-17-37)30(54)50-60(56,57)26-12-13-26)43-28(52)21-4-10-24(11-5-21)44-31-45-32(47-33(46-31)58-20-38(40,41)42)49-36(14-15-36)22-6-8-23(39)9-7-22/h4-11,25-27H,12-20H2,1-3H3,(H,43,52)(H,48,53)(H,50,54)(H2,44,45,46,47,49)/t25-,27+/m0/s1. The molecule has 4 aliphatic rings. The summed E-state index contributed by atoms with van der Waals surface area (Å²) in [4.78, 5) is 67.0. The fourth-order valence-electron chi connectivity index (χ4n) is 6.63. The van der Waals surface area contributed by atoms with Crippen LogP contribution in [0.5, 0.6) is 6.01 Å². The first-order chi connectivity index (χ1) is 28.1. The zero-order valence-electron chi connectivity index (χ0n) is 32.7. The Morgan fingerprint density at radius 3 is 2.15 bits per heavy atom. The Morgan fingerprint density at radius 2 is 1.57 bits per heavy atom. The Balaban J connectivity index is 1.02. The molecular formula is C38H43ClF3N9O8S. The Bertz CT molecular complexity index is 2270. The van der Waals surface area contributed by atoms with E-state index in [9.17, 15) is 40.8 Å². The Labute approximate surface area is 348 Å². The van der Waals surface area contributed by atoms with Gasteiger partial charge in [0.05, 0.1) is 10.8 Å². The summed E-state index contributed by atoms with van der Waals surface area (Å²) in [5, 5.41) is 11.5. The first kappa shape index (κ1) is 42.7. The van der Waals surface area contributed by atoms with E-state index >= 15 is 0 Å². The minimum Gasteiger partial charge on any atom is -0.454 e. The molecule has 0 bridgehead atoms. The SMILES string of the molecule is CC(C)(C)OC(=O)N1C[C@@H](NC(=O)c2ccc(Nc3nc(NC4(c5ccc(Cl)cc5)CC4)nc(OCC(F)(F)F)n3)cc2)C[C@@H]1C(=O)NC1(C(=O)NS(=O)(=O)C2CC2)CC1. The van der Waals surface area contributed by atoms with Gasteiger partial charge in [0.1, 0.15) is 17.2 Å². The van der Waals surface area contributed by atoms with Crippen LogP contribution >= 0.6 is 11.6 Å². The van der Waals surface area contributed by atoms with Crippen molar-refractivity contribution in [2.45, 2.75) is 106 Å². The fourth-order valence-corrected chi connectivity index (χ4v) is 8.13. The van der Waals surface area contributed by atoms with E-state index in [1.165, 1.54) is 29.2 Å². The average molecular weight is 878 g/mol. The molecule has 7 rings (SSSR count). The number of hydrogen-bond acceptors (Lipinski definition) is 13. The number of sulfonamides is 1. The number of carbonyl (C=O) groups is 4. The number of amides is 4. The highest BCUT2D eigenvalue weighted by Gasteiger charge is 2.55. The molecule has 3 aromatic rings. The highest BCUT2D eigenvalue weighted by atomic mass is 35.5. The van der Waals surface area contributed by atoms with E-state index in [-0.39, 0.29) is 43.3 Å². The third-order valence-electron chi connectivity index (χ3n) is 10.2. The van der Waals surface area contributed by atoms with E-state index in [2.05, 4.69) is 40.9 Å². The van der Waals surface area contributed by atoms with Crippen molar-refractivity contribution in [1.82, 2.24) is 35.2 Å². The lowest BCUT2D eigenvalue weighted by atomic mass is 10.1. The number of benzene rings is 2. The highest BCUT2D eigenvalue weighted by molar-refractivity contribution is 7.91. The van der Waals surface area contributed by atoms with Crippen LogP contribution in [0.4, 0.5) is 35.5 Å². The van der Waals surface area contributed by atoms with Gasteiger partial charge in [-0.25, -0.2) is 13.2 Å². The average Bonchev–Trinajstić information content (AvgIpc) is 4.06. The van der Waals surface area contributed by atoms with Crippen molar-refractivity contribution < 1.29 is 50.2 Å². The summed E-state index contributed by atoms with van der Waals surface area (Å²) < 4.78 is 76.4. The molecular weight excluding hydrogens is 835 g/mol. The predicted molar refractivity (Wildman–Crippen MR) is 210 cm³/mol. The van der Waals surface area contributed by atoms with E-state index in [1.807, 2.05) is 12.1 Å². The number of likely N-dealkylation sites (tertiary alicyclic amines) is 1. The Hall–Kier alpha value is -5.44. The topological polar surface area (TPSA) is 223 Å². The maximum atomic E-state index is 13.7. The third-order valence-corrected chi connectivity index (χ3v) is 12.3. The van der Waals surface area contributed by atoms with E-state index in [1.54, 1.807) is 32.9 Å². The van der Waals surface area contributed by atoms with Crippen LogP contribution in [0.3, 0.4) is 0 Å². The summed E-state index contributed by atoms with van der Waals surface area (Å²) in [7, 11) is -3.86. The molecule has 322 valence electrons. The summed E-state index contributed by atoms with van der Waals surface area (Å²) in [6.45, 7) is 3.22. The van der Waals surface area contributed by atoms with Gasteiger partial charge in [0.15, 0.2) is 6.61 Å². The minimum absolute atomic E-state index is 0.0332. The van der Waals surface area contributed by atoms with Crippen LogP contribution in [0, 0.1) is 0 Å². The summed E-state index contributed by atoms with van der Waals surface area (Å²) in [6, 6.07) is 10.6. The Morgan fingerprint density at radius 1 is 0.917 bits per heavy atom. The summed E-state index contributed by atoms with van der Waals surface area (Å²) in [5.74, 6) is -2.26. The van der Waals surface area contributed by atoms with Gasteiger partial charge in [-0.2, -0.15) is 28.1 Å². The molecule has 3 saturated carbocycles. The number of hydrogen-bond donors (Lipinski definition) is 5. The first-order valence-corrected chi connectivity index (χ1v) is 21.1. The van der Waals surface area contributed by atoms with Gasteiger partial charge in [0.25, 0.3) is 11.8 Å². The first-order valence-electron chi connectivity index (χ1n) is 19.2. The summed E-state index contributed by atoms with van der Waals surface area (Å²) in [6.07, 6.45) is -2.79. The molecule has 3 aliphatic carbocycles. The Kier molecular flexibility index (Phi) is 11.3. The second kappa shape index (κ2) is 15.9. The lowest BCUT2D eigenvalue weighted by Crippen LogP contribution is -2.56. The zero-order chi connectivity index (χ0) is 43.3. The van der Waals surface area contributed by atoms with E-state index in [0.717, 1.165) is 5.56 Å². The number of aromatic nitrogens is 3. The molecule has 4 amide bonds. The molecule has 22 heteroatoms. The van der Waals surface area contributed by atoms with Gasteiger partial charge in [-0.05, 0) is 108 Å². The maximum absolute atomic E-state index is 13.7.